The predicted octanol–water partition coefficient (Wildman–Crippen LogP) is 3.10. The van der Waals surface area contributed by atoms with Crippen LogP contribution < -0.4 is 4.72 Å². The van der Waals surface area contributed by atoms with Gasteiger partial charge in [0.25, 0.3) is 0 Å². The third-order valence-electron chi connectivity index (χ3n) is 4.40. The number of aryl methyl sites for hydroxylation is 1. The number of fused-ring (bicyclic) bond motifs is 3. The van der Waals surface area contributed by atoms with Crippen molar-refractivity contribution in [2.24, 2.45) is 0 Å². The fraction of sp³-hybridized carbons (Fsp3) is 0.250. The smallest absolute Gasteiger partial charge is 0.242 e. The minimum absolute atomic E-state index is 0.0350. The minimum Gasteiger partial charge on any atom is -0.261 e. The van der Waals surface area contributed by atoms with Crippen LogP contribution >= 0.6 is 23.2 Å². The van der Waals surface area contributed by atoms with Gasteiger partial charge < -0.3 is 0 Å². The van der Waals surface area contributed by atoms with Gasteiger partial charge in [-0.1, -0.05) is 23.2 Å². The van der Waals surface area contributed by atoms with Gasteiger partial charge in [-0.25, -0.2) is 18.1 Å². The number of nitrogens with zero attached hydrogens (tertiary/aromatic N) is 2. The predicted molar refractivity (Wildman–Crippen MR) is 96.5 cm³/mol. The quantitative estimate of drug-likeness (QED) is 0.711. The Kier molecular flexibility index (Phi) is 4.19. The molecule has 0 radical (unpaired) electrons. The number of rotatable bonds is 3. The maximum absolute atomic E-state index is 12.6. The molecule has 3 aromatic rings. The number of aromatic amines is 1. The van der Waals surface area contributed by atoms with Crippen LogP contribution in [0, 0.1) is 0 Å². The van der Waals surface area contributed by atoms with E-state index in [-0.39, 0.29) is 16.0 Å². The summed E-state index contributed by atoms with van der Waals surface area (Å²) in [6.45, 7) is 0. The summed E-state index contributed by atoms with van der Waals surface area (Å²) in [6.07, 6.45) is 5.58. The number of nitrogens with one attached hydrogen (secondary N) is 2. The van der Waals surface area contributed by atoms with E-state index in [1.807, 2.05) is 0 Å². The zero-order chi connectivity index (χ0) is 17.6. The van der Waals surface area contributed by atoms with Crippen molar-refractivity contribution in [2.45, 2.75) is 30.2 Å². The zero-order valence-electron chi connectivity index (χ0n) is 13.0. The molecule has 2 heterocycles. The van der Waals surface area contributed by atoms with Crippen molar-refractivity contribution in [1.29, 1.82) is 0 Å². The van der Waals surface area contributed by atoms with Gasteiger partial charge in [-0.15, -0.1) is 0 Å². The number of halogens is 2. The lowest BCUT2D eigenvalue weighted by Crippen LogP contribution is -2.39. The summed E-state index contributed by atoms with van der Waals surface area (Å²) in [4.78, 5) is 4.37. The van der Waals surface area contributed by atoms with E-state index in [1.165, 1.54) is 23.8 Å². The largest absolute Gasteiger partial charge is 0.261 e. The number of sulfonamides is 1. The summed E-state index contributed by atoms with van der Waals surface area (Å²) >= 11 is 11.9. The van der Waals surface area contributed by atoms with Crippen LogP contribution in [0.1, 0.15) is 17.5 Å². The van der Waals surface area contributed by atoms with Gasteiger partial charge in [0, 0.05) is 22.6 Å². The Morgan fingerprint density at radius 2 is 2.08 bits per heavy atom. The fourth-order valence-electron chi connectivity index (χ4n) is 3.23. The van der Waals surface area contributed by atoms with E-state index in [0.29, 0.717) is 17.9 Å². The Morgan fingerprint density at radius 3 is 2.88 bits per heavy atom. The Hall–Kier alpha value is -1.67. The van der Waals surface area contributed by atoms with Gasteiger partial charge in [-0.2, -0.15) is 5.10 Å². The monoisotopic (exact) mass is 396 g/mol. The normalized spacial score (nSPS) is 17.6. The third kappa shape index (κ3) is 3.13. The molecule has 1 atom stereocenters. The second-order valence-corrected chi connectivity index (χ2v) is 8.56. The van der Waals surface area contributed by atoms with Gasteiger partial charge in [0.15, 0.2) is 5.65 Å². The van der Waals surface area contributed by atoms with Gasteiger partial charge in [-0.05, 0) is 48.6 Å². The van der Waals surface area contributed by atoms with Crippen molar-refractivity contribution >= 4 is 44.3 Å². The molecule has 2 N–H and O–H groups in total. The topological polar surface area (TPSA) is 87.7 Å². The average molecular weight is 397 g/mol. The summed E-state index contributed by atoms with van der Waals surface area (Å²) in [7, 11) is -3.72. The fourth-order valence-corrected chi connectivity index (χ4v) is 5.27. The molecule has 0 amide bonds. The lowest BCUT2D eigenvalue weighted by Gasteiger charge is -2.25. The highest BCUT2D eigenvalue weighted by molar-refractivity contribution is 7.89. The Morgan fingerprint density at radius 1 is 1.24 bits per heavy atom. The summed E-state index contributed by atoms with van der Waals surface area (Å²) in [5.74, 6) is 0. The standard InChI is InChI=1S/C16H14Cl2N4O2S/c17-10-1-4-15(14(18)6-10)25(23,24)22-11-2-3-12-9(5-11)7-19-16-13(12)8-20-21-16/h1,4,6-8,11,22H,2-3,5H2,(H,19,20,21). The van der Waals surface area contributed by atoms with Crippen LogP contribution in [0.3, 0.4) is 0 Å². The lowest BCUT2D eigenvalue weighted by molar-refractivity contribution is 0.508. The van der Waals surface area contributed by atoms with Crippen LogP contribution in [0.15, 0.2) is 35.5 Å². The van der Waals surface area contributed by atoms with Crippen molar-refractivity contribution in [2.75, 3.05) is 0 Å². The van der Waals surface area contributed by atoms with Crippen molar-refractivity contribution in [3.63, 3.8) is 0 Å². The van der Waals surface area contributed by atoms with Gasteiger partial charge in [0.1, 0.15) is 4.90 Å². The van der Waals surface area contributed by atoms with Crippen LogP contribution in [0.2, 0.25) is 10.0 Å². The van der Waals surface area contributed by atoms with Gasteiger partial charge in [-0.3, -0.25) is 5.10 Å². The number of hydrogen-bond donors (Lipinski definition) is 2. The highest BCUT2D eigenvalue weighted by Gasteiger charge is 2.27. The molecule has 0 aliphatic heterocycles. The first-order valence-electron chi connectivity index (χ1n) is 7.71. The van der Waals surface area contributed by atoms with Crippen LogP contribution in [0.25, 0.3) is 11.0 Å². The van der Waals surface area contributed by atoms with E-state index >= 15 is 0 Å². The number of hydrogen-bond acceptors (Lipinski definition) is 4. The molecule has 0 spiro atoms. The molecule has 1 aliphatic carbocycles. The Bertz CT molecular complexity index is 1070. The van der Waals surface area contributed by atoms with Gasteiger partial charge >= 0.3 is 0 Å². The van der Waals surface area contributed by atoms with Crippen LogP contribution in [-0.4, -0.2) is 29.6 Å². The summed E-state index contributed by atoms with van der Waals surface area (Å²) < 4.78 is 28.0. The molecular formula is C16H14Cl2N4O2S. The highest BCUT2D eigenvalue weighted by Crippen LogP contribution is 2.29. The van der Waals surface area contributed by atoms with E-state index in [0.717, 1.165) is 23.0 Å². The van der Waals surface area contributed by atoms with Crippen LogP contribution in [-0.2, 0) is 22.9 Å². The second-order valence-electron chi connectivity index (χ2n) is 6.03. The molecule has 6 nitrogen and oxygen atoms in total. The summed E-state index contributed by atoms with van der Waals surface area (Å²) in [5, 5.41) is 8.38. The third-order valence-corrected chi connectivity index (χ3v) is 6.63. The van der Waals surface area contributed by atoms with Crippen molar-refractivity contribution in [3.8, 4) is 0 Å². The van der Waals surface area contributed by atoms with Crippen LogP contribution in [0.4, 0.5) is 0 Å². The van der Waals surface area contributed by atoms with E-state index in [2.05, 4.69) is 19.9 Å². The number of aromatic nitrogens is 3. The van der Waals surface area contributed by atoms with Crippen molar-refractivity contribution in [1.82, 2.24) is 19.9 Å². The van der Waals surface area contributed by atoms with Crippen molar-refractivity contribution in [3.05, 3.63) is 51.8 Å². The maximum Gasteiger partial charge on any atom is 0.242 e. The average Bonchev–Trinajstić information content (AvgIpc) is 3.02. The molecule has 0 fully saturated rings. The lowest BCUT2D eigenvalue weighted by atomic mass is 9.88. The maximum atomic E-state index is 12.6. The molecule has 0 bridgehead atoms. The minimum atomic E-state index is -3.72. The zero-order valence-corrected chi connectivity index (χ0v) is 15.3. The molecule has 2 aromatic heterocycles. The molecule has 1 aliphatic rings. The first kappa shape index (κ1) is 16.8. The Labute approximate surface area is 154 Å². The molecule has 1 aromatic carbocycles. The summed E-state index contributed by atoms with van der Waals surface area (Å²) in [5.41, 5.74) is 2.97. The second kappa shape index (κ2) is 6.25. The SMILES string of the molecule is O=S(=O)(NC1CCc2c(cnc3[nH]ncc23)C1)c1ccc(Cl)cc1Cl. The number of pyridine rings is 1. The molecule has 9 heteroatoms. The van der Waals surface area contributed by atoms with E-state index < -0.39 is 10.0 Å². The van der Waals surface area contributed by atoms with Crippen LogP contribution in [0.5, 0.6) is 0 Å². The molecule has 25 heavy (non-hydrogen) atoms. The number of H-pyrrole nitrogens is 1. The van der Waals surface area contributed by atoms with Crippen molar-refractivity contribution < 1.29 is 8.42 Å². The molecule has 0 saturated heterocycles. The van der Waals surface area contributed by atoms with E-state index in [4.69, 9.17) is 23.2 Å². The van der Waals surface area contributed by atoms with Gasteiger partial charge in [0.05, 0.1) is 11.2 Å². The molecule has 1 unspecified atom stereocenters. The highest BCUT2D eigenvalue weighted by atomic mass is 35.5. The van der Waals surface area contributed by atoms with E-state index in [1.54, 1.807) is 12.4 Å². The van der Waals surface area contributed by atoms with E-state index in [9.17, 15) is 8.42 Å². The molecule has 130 valence electrons. The Balaban J connectivity index is 1.59. The first-order valence-corrected chi connectivity index (χ1v) is 9.95. The molecular weight excluding hydrogens is 383 g/mol. The molecule has 4 rings (SSSR count). The first-order chi connectivity index (χ1) is 11.9. The number of benzene rings is 1. The molecule has 0 saturated carbocycles. The van der Waals surface area contributed by atoms with Gasteiger partial charge in [0.2, 0.25) is 10.0 Å². The summed E-state index contributed by atoms with van der Waals surface area (Å²) in [6, 6.07) is 4.14.